The molecule has 0 aliphatic rings. The maximum Gasteiger partial charge on any atom is 0.192 e. The van der Waals surface area contributed by atoms with Gasteiger partial charge in [-0.1, -0.05) is 38.3 Å². The summed E-state index contributed by atoms with van der Waals surface area (Å²) in [5.41, 5.74) is 3.12. The van der Waals surface area contributed by atoms with Crippen molar-refractivity contribution in [2.75, 3.05) is 0 Å². The van der Waals surface area contributed by atoms with Crippen LogP contribution in [0.4, 0.5) is 0 Å². The highest BCUT2D eigenvalue weighted by Gasteiger charge is 2.07. The van der Waals surface area contributed by atoms with Crippen LogP contribution in [0.1, 0.15) is 43.9 Å². The van der Waals surface area contributed by atoms with Crippen LogP contribution in [0.25, 0.3) is 10.9 Å². The molecule has 2 nitrogen and oxygen atoms in total. The highest BCUT2D eigenvalue weighted by atomic mass is 16.1. The number of aryl methyl sites for hydroxylation is 1. The second kappa shape index (κ2) is 5.85. The van der Waals surface area contributed by atoms with Crippen molar-refractivity contribution in [2.24, 2.45) is 0 Å². The fourth-order valence-electron chi connectivity index (χ4n) is 2.36. The van der Waals surface area contributed by atoms with E-state index in [9.17, 15) is 4.79 Å². The van der Waals surface area contributed by atoms with Crippen molar-refractivity contribution in [3.63, 3.8) is 0 Å². The predicted octanol–water partition coefficient (Wildman–Crippen LogP) is 3.96. The van der Waals surface area contributed by atoms with Crippen molar-refractivity contribution >= 4 is 10.9 Å². The van der Waals surface area contributed by atoms with Crippen molar-refractivity contribution in [3.05, 3.63) is 45.7 Å². The molecule has 18 heavy (non-hydrogen) atoms. The van der Waals surface area contributed by atoms with Crippen molar-refractivity contribution in [3.8, 4) is 0 Å². The number of unbranched alkanes of at least 4 members (excludes halogenated alkanes) is 3. The number of benzene rings is 1. The van der Waals surface area contributed by atoms with E-state index in [2.05, 4.69) is 11.9 Å². The first kappa shape index (κ1) is 12.9. The van der Waals surface area contributed by atoms with Gasteiger partial charge in [0.25, 0.3) is 0 Å². The summed E-state index contributed by atoms with van der Waals surface area (Å²) < 4.78 is 0. The molecule has 1 aromatic heterocycles. The summed E-state index contributed by atoms with van der Waals surface area (Å²) in [5, 5.41) is 0.798. The normalized spacial score (nSPS) is 11.0. The van der Waals surface area contributed by atoms with Crippen LogP contribution >= 0.6 is 0 Å². The van der Waals surface area contributed by atoms with Crippen LogP contribution in [0.5, 0.6) is 0 Å². The van der Waals surface area contributed by atoms with Gasteiger partial charge < -0.3 is 4.98 Å². The minimum Gasteiger partial charge on any atom is -0.358 e. The minimum atomic E-state index is 0.176. The van der Waals surface area contributed by atoms with E-state index in [0.717, 1.165) is 35.0 Å². The second-order valence-electron chi connectivity index (χ2n) is 4.91. The molecule has 96 valence electrons. The average Bonchev–Trinajstić information content (AvgIpc) is 2.40. The smallest absolute Gasteiger partial charge is 0.192 e. The third kappa shape index (κ3) is 2.63. The standard InChI is InChI=1S/C16H21NO/c1-3-4-5-6-10-14-12(2)16(18)13-9-7-8-11-15(13)17-14/h7-9,11H,3-6,10H2,1-2H3,(H,17,18). The Morgan fingerprint density at radius 1 is 1.11 bits per heavy atom. The number of para-hydroxylation sites is 1. The molecule has 1 heterocycles. The van der Waals surface area contributed by atoms with E-state index in [1.165, 1.54) is 19.3 Å². The third-order valence-electron chi connectivity index (χ3n) is 3.53. The fourth-order valence-corrected chi connectivity index (χ4v) is 2.36. The van der Waals surface area contributed by atoms with Gasteiger partial charge in [-0.3, -0.25) is 4.79 Å². The van der Waals surface area contributed by atoms with Gasteiger partial charge >= 0.3 is 0 Å². The molecule has 0 fully saturated rings. The lowest BCUT2D eigenvalue weighted by atomic mass is 10.0. The highest BCUT2D eigenvalue weighted by molar-refractivity contribution is 5.79. The molecule has 0 aliphatic carbocycles. The first-order chi connectivity index (χ1) is 8.74. The first-order valence-corrected chi connectivity index (χ1v) is 6.84. The average molecular weight is 243 g/mol. The van der Waals surface area contributed by atoms with E-state index in [0.29, 0.717) is 0 Å². The summed E-state index contributed by atoms with van der Waals surface area (Å²) in [6.45, 7) is 4.14. The monoisotopic (exact) mass is 243 g/mol. The van der Waals surface area contributed by atoms with Crippen molar-refractivity contribution in [1.29, 1.82) is 0 Å². The predicted molar refractivity (Wildman–Crippen MR) is 77.2 cm³/mol. The summed E-state index contributed by atoms with van der Waals surface area (Å²) in [4.78, 5) is 15.6. The molecule has 1 aromatic carbocycles. The van der Waals surface area contributed by atoms with Crippen LogP contribution in [-0.2, 0) is 6.42 Å². The molecule has 0 atom stereocenters. The van der Waals surface area contributed by atoms with Crippen LogP contribution in [0.15, 0.2) is 29.1 Å². The number of pyridine rings is 1. The molecule has 2 heteroatoms. The van der Waals surface area contributed by atoms with E-state index < -0.39 is 0 Å². The van der Waals surface area contributed by atoms with Crippen LogP contribution in [0, 0.1) is 6.92 Å². The molecular weight excluding hydrogens is 222 g/mol. The molecule has 0 aliphatic heterocycles. The van der Waals surface area contributed by atoms with Gasteiger partial charge in [0.05, 0.1) is 0 Å². The molecule has 0 saturated heterocycles. The molecular formula is C16H21NO. The molecule has 0 radical (unpaired) electrons. The van der Waals surface area contributed by atoms with E-state index in [4.69, 9.17) is 0 Å². The van der Waals surface area contributed by atoms with E-state index >= 15 is 0 Å². The Kier molecular flexibility index (Phi) is 4.19. The zero-order valence-corrected chi connectivity index (χ0v) is 11.3. The lowest BCUT2D eigenvalue weighted by Crippen LogP contribution is -2.11. The molecule has 0 amide bonds. The summed E-state index contributed by atoms with van der Waals surface area (Å²) >= 11 is 0. The molecule has 0 saturated carbocycles. The Labute approximate surface area is 108 Å². The van der Waals surface area contributed by atoms with Gasteiger partial charge in [-0.25, -0.2) is 0 Å². The number of rotatable bonds is 5. The lowest BCUT2D eigenvalue weighted by molar-refractivity contribution is 0.660. The van der Waals surface area contributed by atoms with Gasteiger partial charge in [-0.05, 0) is 31.9 Å². The number of hydrogen-bond acceptors (Lipinski definition) is 1. The third-order valence-corrected chi connectivity index (χ3v) is 3.53. The van der Waals surface area contributed by atoms with E-state index in [1.54, 1.807) is 0 Å². The van der Waals surface area contributed by atoms with Crippen LogP contribution in [-0.4, -0.2) is 4.98 Å². The number of aromatic amines is 1. The molecule has 2 aromatic rings. The Hall–Kier alpha value is -1.57. The number of H-pyrrole nitrogens is 1. The molecule has 0 spiro atoms. The van der Waals surface area contributed by atoms with Crippen LogP contribution in [0.3, 0.4) is 0 Å². The zero-order chi connectivity index (χ0) is 13.0. The summed E-state index contributed by atoms with van der Waals surface area (Å²) in [6, 6.07) is 7.75. The molecule has 0 bridgehead atoms. The van der Waals surface area contributed by atoms with Crippen molar-refractivity contribution < 1.29 is 0 Å². The topological polar surface area (TPSA) is 32.9 Å². The molecule has 0 unspecified atom stereocenters. The zero-order valence-electron chi connectivity index (χ0n) is 11.3. The molecule has 2 rings (SSSR count). The Morgan fingerprint density at radius 3 is 2.67 bits per heavy atom. The summed E-state index contributed by atoms with van der Waals surface area (Å²) in [5.74, 6) is 0. The maximum atomic E-state index is 12.2. The Morgan fingerprint density at radius 2 is 1.89 bits per heavy atom. The maximum absolute atomic E-state index is 12.2. The van der Waals surface area contributed by atoms with E-state index in [-0.39, 0.29) is 5.43 Å². The molecule has 1 N–H and O–H groups in total. The SMILES string of the molecule is CCCCCCc1[nH]c2ccccc2c(=O)c1C. The lowest BCUT2D eigenvalue weighted by Gasteiger charge is -2.08. The second-order valence-corrected chi connectivity index (χ2v) is 4.91. The van der Waals surface area contributed by atoms with E-state index in [1.807, 2.05) is 31.2 Å². The summed E-state index contributed by atoms with van der Waals surface area (Å²) in [7, 11) is 0. The van der Waals surface area contributed by atoms with Gasteiger partial charge in [0.1, 0.15) is 0 Å². The largest absolute Gasteiger partial charge is 0.358 e. The van der Waals surface area contributed by atoms with Crippen LogP contribution < -0.4 is 5.43 Å². The number of nitrogens with one attached hydrogen (secondary N) is 1. The van der Waals surface area contributed by atoms with Gasteiger partial charge in [-0.15, -0.1) is 0 Å². The van der Waals surface area contributed by atoms with Crippen molar-refractivity contribution in [1.82, 2.24) is 4.98 Å². The quantitative estimate of drug-likeness (QED) is 0.792. The number of hydrogen-bond donors (Lipinski definition) is 1. The number of aromatic nitrogens is 1. The first-order valence-electron chi connectivity index (χ1n) is 6.84. The van der Waals surface area contributed by atoms with Gasteiger partial charge in [0.15, 0.2) is 5.43 Å². The van der Waals surface area contributed by atoms with Gasteiger partial charge in [0, 0.05) is 22.2 Å². The number of fused-ring (bicyclic) bond motifs is 1. The van der Waals surface area contributed by atoms with Gasteiger partial charge in [0.2, 0.25) is 0 Å². The summed E-state index contributed by atoms with van der Waals surface area (Å²) in [6.07, 6.45) is 5.89. The Balaban J connectivity index is 2.28. The Bertz CT molecular complexity index is 583. The van der Waals surface area contributed by atoms with Crippen LogP contribution in [0.2, 0.25) is 0 Å². The van der Waals surface area contributed by atoms with Crippen molar-refractivity contribution in [2.45, 2.75) is 46.0 Å². The van der Waals surface area contributed by atoms with Gasteiger partial charge in [-0.2, -0.15) is 0 Å². The minimum absolute atomic E-state index is 0.176. The highest BCUT2D eigenvalue weighted by Crippen LogP contribution is 2.13. The fraction of sp³-hybridized carbons (Fsp3) is 0.438.